The summed E-state index contributed by atoms with van der Waals surface area (Å²) < 4.78 is 27.7. The number of piperazine rings is 1. The molecule has 1 aromatic carbocycles. The van der Waals surface area contributed by atoms with Gasteiger partial charge < -0.3 is 10.2 Å². The lowest BCUT2D eigenvalue weighted by Gasteiger charge is -2.34. The standard InChI is InChI=1S/C19H28N4O4S/c1-14(24)20-18-7-5-15-4-6-16(12-17(15)18)28(26,27)23-10-8-22(9-11-23)13-19(25)21(2)3/h4,6,12,18H,5,7-11,13H2,1-3H3,(H,20,24). The van der Waals surface area contributed by atoms with Gasteiger partial charge in [0.15, 0.2) is 0 Å². The smallest absolute Gasteiger partial charge is 0.243 e. The molecule has 1 heterocycles. The van der Waals surface area contributed by atoms with Gasteiger partial charge in [0.2, 0.25) is 21.8 Å². The van der Waals surface area contributed by atoms with Crippen LogP contribution in [0.25, 0.3) is 0 Å². The quantitative estimate of drug-likeness (QED) is 0.752. The zero-order valence-electron chi connectivity index (χ0n) is 16.6. The molecule has 2 aliphatic rings. The highest BCUT2D eigenvalue weighted by atomic mass is 32.2. The number of hydrogen-bond acceptors (Lipinski definition) is 5. The summed E-state index contributed by atoms with van der Waals surface area (Å²) in [7, 11) is -0.178. The number of carbonyl (C=O) groups excluding carboxylic acids is 2. The first-order valence-corrected chi connectivity index (χ1v) is 10.9. The zero-order chi connectivity index (χ0) is 20.5. The van der Waals surface area contributed by atoms with Crippen molar-refractivity contribution in [3.8, 4) is 0 Å². The van der Waals surface area contributed by atoms with Crippen LogP contribution in [0, 0.1) is 0 Å². The van der Waals surface area contributed by atoms with E-state index in [0.717, 1.165) is 24.0 Å². The van der Waals surface area contributed by atoms with E-state index in [1.165, 1.54) is 11.2 Å². The molecule has 28 heavy (non-hydrogen) atoms. The van der Waals surface area contributed by atoms with Gasteiger partial charge in [-0.2, -0.15) is 4.31 Å². The van der Waals surface area contributed by atoms with Gasteiger partial charge in [0.05, 0.1) is 17.5 Å². The van der Waals surface area contributed by atoms with Gasteiger partial charge in [-0.25, -0.2) is 8.42 Å². The molecule has 1 aromatic rings. The summed E-state index contributed by atoms with van der Waals surface area (Å²) in [5.74, 6) is -0.103. The predicted octanol–water partition coefficient (Wildman–Crippen LogP) is 0.205. The lowest BCUT2D eigenvalue weighted by Crippen LogP contribution is -2.50. The Labute approximate surface area is 166 Å². The lowest BCUT2D eigenvalue weighted by atomic mass is 10.1. The average Bonchev–Trinajstić information content (AvgIpc) is 3.03. The van der Waals surface area contributed by atoms with Gasteiger partial charge in [-0.1, -0.05) is 6.07 Å². The third-order valence-corrected chi connectivity index (χ3v) is 7.29. The van der Waals surface area contributed by atoms with Gasteiger partial charge >= 0.3 is 0 Å². The normalized spacial score (nSPS) is 20.6. The molecule has 0 radical (unpaired) electrons. The second-order valence-corrected chi connectivity index (χ2v) is 9.56. The highest BCUT2D eigenvalue weighted by Gasteiger charge is 2.31. The number of sulfonamides is 1. The molecule has 1 saturated heterocycles. The summed E-state index contributed by atoms with van der Waals surface area (Å²) >= 11 is 0. The minimum atomic E-state index is -3.61. The van der Waals surface area contributed by atoms with E-state index < -0.39 is 10.0 Å². The van der Waals surface area contributed by atoms with Gasteiger partial charge in [0.25, 0.3) is 0 Å². The molecule has 8 nitrogen and oxygen atoms in total. The van der Waals surface area contributed by atoms with Gasteiger partial charge in [0.1, 0.15) is 0 Å². The summed E-state index contributed by atoms with van der Waals surface area (Å²) in [6.45, 7) is 3.54. The molecule has 1 aliphatic carbocycles. The lowest BCUT2D eigenvalue weighted by molar-refractivity contribution is -0.130. The largest absolute Gasteiger partial charge is 0.350 e. The number of amides is 2. The van der Waals surface area contributed by atoms with Crippen LogP contribution in [0.5, 0.6) is 0 Å². The molecule has 1 N–H and O–H groups in total. The van der Waals surface area contributed by atoms with E-state index in [1.54, 1.807) is 31.1 Å². The van der Waals surface area contributed by atoms with E-state index >= 15 is 0 Å². The van der Waals surface area contributed by atoms with Crippen LogP contribution in [-0.4, -0.2) is 81.2 Å². The van der Waals surface area contributed by atoms with Crippen molar-refractivity contribution < 1.29 is 18.0 Å². The van der Waals surface area contributed by atoms with Crippen LogP contribution >= 0.6 is 0 Å². The summed E-state index contributed by atoms with van der Waals surface area (Å²) in [5.41, 5.74) is 1.98. The highest BCUT2D eigenvalue weighted by molar-refractivity contribution is 7.89. The summed E-state index contributed by atoms with van der Waals surface area (Å²) in [6.07, 6.45) is 1.62. The number of hydrogen-bond donors (Lipinski definition) is 1. The number of aryl methyl sites for hydroxylation is 1. The molecule has 0 saturated carbocycles. The molecule has 0 aromatic heterocycles. The van der Waals surface area contributed by atoms with E-state index in [2.05, 4.69) is 5.32 Å². The van der Waals surface area contributed by atoms with E-state index in [4.69, 9.17) is 0 Å². The number of nitrogens with zero attached hydrogens (tertiary/aromatic N) is 3. The Morgan fingerprint density at radius 1 is 1.18 bits per heavy atom. The van der Waals surface area contributed by atoms with E-state index in [1.807, 2.05) is 11.0 Å². The van der Waals surface area contributed by atoms with Gasteiger partial charge in [0, 0.05) is 47.2 Å². The van der Waals surface area contributed by atoms with Crippen LogP contribution in [0.1, 0.15) is 30.5 Å². The van der Waals surface area contributed by atoms with Gasteiger partial charge in [-0.15, -0.1) is 0 Å². The van der Waals surface area contributed by atoms with Crippen molar-refractivity contribution in [3.05, 3.63) is 29.3 Å². The molecule has 1 aliphatic heterocycles. The Bertz CT molecular complexity index is 861. The molecule has 3 rings (SSSR count). The number of benzene rings is 1. The molecule has 1 atom stereocenters. The SMILES string of the molecule is CC(=O)NC1CCc2ccc(S(=O)(=O)N3CCN(CC(=O)N(C)C)CC3)cc21. The predicted molar refractivity (Wildman–Crippen MR) is 105 cm³/mol. The number of likely N-dealkylation sites (N-methyl/N-ethyl adjacent to an activating group) is 1. The Hall–Kier alpha value is -1.97. The van der Waals surface area contributed by atoms with Crippen molar-refractivity contribution in [3.63, 3.8) is 0 Å². The topological polar surface area (TPSA) is 90.0 Å². The van der Waals surface area contributed by atoms with Crippen LogP contribution in [0.2, 0.25) is 0 Å². The molecule has 0 bridgehead atoms. The van der Waals surface area contributed by atoms with E-state index in [-0.39, 0.29) is 22.8 Å². The molecular weight excluding hydrogens is 380 g/mol. The third-order valence-electron chi connectivity index (χ3n) is 5.40. The van der Waals surface area contributed by atoms with Crippen LogP contribution in [0.3, 0.4) is 0 Å². The zero-order valence-corrected chi connectivity index (χ0v) is 17.5. The first-order valence-electron chi connectivity index (χ1n) is 9.51. The average molecular weight is 409 g/mol. The van der Waals surface area contributed by atoms with Crippen molar-refractivity contribution >= 4 is 21.8 Å². The maximum Gasteiger partial charge on any atom is 0.243 e. The number of nitrogens with one attached hydrogen (secondary N) is 1. The van der Waals surface area contributed by atoms with Crippen LogP contribution in [-0.2, 0) is 26.0 Å². The molecule has 0 spiro atoms. The van der Waals surface area contributed by atoms with Crippen LogP contribution in [0.15, 0.2) is 23.1 Å². The highest BCUT2D eigenvalue weighted by Crippen LogP contribution is 2.33. The number of fused-ring (bicyclic) bond motifs is 1. The first-order chi connectivity index (χ1) is 13.2. The fraction of sp³-hybridized carbons (Fsp3) is 0.579. The minimum Gasteiger partial charge on any atom is -0.350 e. The fourth-order valence-corrected chi connectivity index (χ4v) is 5.20. The van der Waals surface area contributed by atoms with Gasteiger partial charge in [-0.05, 0) is 36.1 Å². The Morgan fingerprint density at radius 3 is 2.46 bits per heavy atom. The van der Waals surface area contributed by atoms with Gasteiger partial charge in [-0.3, -0.25) is 14.5 Å². The van der Waals surface area contributed by atoms with Crippen molar-refractivity contribution in [2.24, 2.45) is 0 Å². The van der Waals surface area contributed by atoms with Crippen LogP contribution in [0.4, 0.5) is 0 Å². The maximum atomic E-state index is 13.1. The van der Waals surface area contributed by atoms with E-state index in [0.29, 0.717) is 32.7 Å². The summed E-state index contributed by atoms with van der Waals surface area (Å²) in [5, 5.41) is 2.90. The maximum absolute atomic E-state index is 13.1. The van der Waals surface area contributed by atoms with Crippen molar-refractivity contribution in [2.45, 2.75) is 30.7 Å². The number of carbonyl (C=O) groups is 2. The molecular formula is C19H28N4O4S. The Morgan fingerprint density at radius 2 is 1.86 bits per heavy atom. The minimum absolute atomic E-state index is 0.0129. The second kappa shape index (κ2) is 8.18. The second-order valence-electron chi connectivity index (χ2n) is 7.62. The number of rotatable bonds is 5. The first kappa shape index (κ1) is 20.8. The van der Waals surface area contributed by atoms with Crippen molar-refractivity contribution in [1.82, 2.24) is 19.4 Å². The van der Waals surface area contributed by atoms with E-state index in [9.17, 15) is 18.0 Å². The van der Waals surface area contributed by atoms with Crippen LogP contribution < -0.4 is 5.32 Å². The fourth-order valence-electron chi connectivity index (χ4n) is 3.75. The molecule has 2 amide bonds. The third kappa shape index (κ3) is 4.37. The molecule has 9 heteroatoms. The summed E-state index contributed by atoms with van der Waals surface area (Å²) in [4.78, 5) is 27.0. The molecule has 1 unspecified atom stereocenters. The summed E-state index contributed by atoms with van der Waals surface area (Å²) in [6, 6.07) is 5.10. The molecule has 1 fully saturated rings. The molecule has 154 valence electrons. The Kier molecular flexibility index (Phi) is 6.07. The Balaban J connectivity index is 1.71. The van der Waals surface area contributed by atoms with Crippen molar-refractivity contribution in [1.29, 1.82) is 0 Å². The monoisotopic (exact) mass is 408 g/mol. The van der Waals surface area contributed by atoms with Crippen molar-refractivity contribution in [2.75, 3.05) is 46.8 Å².